The molecule has 3 aliphatic rings. The second kappa shape index (κ2) is 6.34. The zero-order valence-electron chi connectivity index (χ0n) is 15.4. The zero-order valence-corrected chi connectivity index (χ0v) is 17.0. The van der Waals surface area contributed by atoms with E-state index in [0.717, 1.165) is 15.7 Å². The van der Waals surface area contributed by atoms with Gasteiger partial charge in [0, 0.05) is 11.3 Å². The van der Waals surface area contributed by atoms with Crippen LogP contribution >= 0.6 is 23.1 Å². The Morgan fingerprint density at radius 3 is 2.83 bits per heavy atom. The molecule has 0 amide bonds. The van der Waals surface area contributed by atoms with Gasteiger partial charge < -0.3 is 9.40 Å². The molecule has 0 unspecified atom stereocenters. The molecule has 3 aromatic rings. The van der Waals surface area contributed by atoms with Crippen molar-refractivity contribution >= 4 is 28.8 Å². The molecule has 2 saturated carbocycles. The Balaban J connectivity index is 1.47. The maximum Gasteiger partial charge on any atom is 0.305 e. The van der Waals surface area contributed by atoms with Crippen LogP contribution in [-0.4, -0.2) is 15.2 Å². The largest absolute Gasteiger partial charge is 0.460 e. The van der Waals surface area contributed by atoms with Crippen LogP contribution in [0.25, 0.3) is 11.3 Å². The van der Waals surface area contributed by atoms with Crippen LogP contribution in [0.5, 0.6) is 0 Å². The Labute approximate surface area is 174 Å². The number of rotatable bonds is 3. The normalized spacial score (nSPS) is 29.6. The zero-order chi connectivity index (χ0) is 19.7. The number of para-hydroxylation sites is 1. The Kier molecular flexibility index (Phi) is 3.83. The molecule has 2 aliphatic carbocycles. The average molecular weight is 427 g/mol. The van der Waals surface area contributed by atoms with Gasteiger partial charge in [0.05, 0.1) is 26.3 Å². The van der Waals surface area contributed by atoms with E-state index < -0.39 is 0 Å². The van der Waals surface area contributed by atoms with Crippen molar-refractivity contribution in [1.82, 2.24) is 4.98 Å². The first-order valence-corrected chi connectivity index (χ1v) is 11.5. The fourth-order valence-electron chi connectivity index (χ4n) is 5.67. The number of benzene rings is 1. The first kappa shape index (κ1) is 17.5. The molecular formula is C21H18N2O4S2. The summed E-state index contributed by atoms with van der Waals surface area (Å²) in [5.41, 5.74) is 0.526. The maximum absolute atomic E-state index is 12.1. The molecule has 2 fully saturated rings. The van der Waals surface area contributed by atoms with Gasteiger partial charge in [-0.05, 0) is 55.2 Å². The highest BCUT2D eigenvalue weighted by Gasteiger charge is 2.55. The van der Waals surface area contributed by atoms with Crippen molar-refractivity contribution in [3.05, 3.63) is 66.8 Å². The van der Waals surface area contributed by atoms with Crippen LogP contribution in [0.4, 0.5) is 5.69 Å². The molecule has 0 spiro atoms. The Bertz CT molecular complexity index is 1180. The van der Waals surface area contributed by atoms with Gasteiger partial charge in [0.1, 0.15) is 11.5 Å². The number of H-pyrrole nitrogens is 1. The number of nitrogens with one attached hydrogen (secondary N) is 1. The van der Waals surface area contributed by atoms with Gasteiger partial charge in [0.15, 0.2) is 0 Å². The number of nitro groups is 1. The summed E-state index contributed by atoms with van der Waals surface area (Å²) in [7, 11) is 0. The van der Waals surface area contributed by atoms with E-state index in [1.54, 1.807) is 18.2 Å². The molecule has 148 valence electrons. The number of nitrogens with zero attached hydrogens (tertiary/aromatic N) is 1. The van der Waals surface area contributed by atoms with Gasteiger partial charge in [-0.2, -0.15) is 0 Å². The third-order valence-electron chi connectivity index (χ3n) is 6.76. The van der Waals surface area contributed by atoms with Crippen molar-refractivity contribution in [1.29, 1.82) is 0 Å². The van der Waals surface area contributed by atoms with Gasteiger partial charge in [-0.3, -0.25) is 14.9 Å². The van der Waals surface area contributed by atoms with E-state index in [9.17, 15) is 14.9 Å². The van der Waals surface area contributed by atoms with Crippen molar-refractivity contribution < 1.29 is 9.34 Å². The van der Waals surface area contributed by atoms with Crippen molar-refractivity contribution in [2.75, 3.05) is 0 Å². The lowest BCUT2D eigenvalue weighted by molar-refractivity contribution is -0.384. The van der Waals surface area contributed by atoms with E-state index in [4.69, 9.17) is 4.42 Å². The van der Waals surface area contributed by atoms with Crippen molar-refractivity contribution in [3.8, 4) is 11.3 Å². The number of aromatic nitrogens is 1. The number of furan rings is 1. The quantitative estimate of drug-likeness (QED) is 0.456. The van der Waals surface area contributed by atoms with Crippen LogP contribution in [0.1, 0.15) is 35.8 Å². The fourth-order valence-corrected chi connectivity index (χ4v) is 8.55. The molecule has 3 heterocycles. The lowest BCUT2D eigenvalue weighted by Gasteiger charge is -2.38. The average Bonchev–Trinajstić information content (AvgIpc) is 3.49. The van der Waals surface area contributed by atoms with Crippen LogP contribution in [0.15, 0.2) is 50.6 Å². The van der Waals surface area contributed by atoms with Gasteiger partial charge in [-0.15, -0.1) is 11.8 Å². The molecule has 6 rings (SSSR count). The summed E-state index contributed by atoms with van der Waals surface area (Å²) in [6.07, 6.45) is 3.78. The number of nitro benzene ring substituents is 1. The minimum absolute atomic E-state index is 0.0229. The standard InChI is InChI=1S/C21H18N2O4S2/c24-21-22-20-19(29-21)17(16-10-5-6-11(9-10)18(16)28-20)15-8-7-14(27-15)12-3-1-2-4-13(12)23(25)26/h1-4,7-8,10-11,16-18H,5-6,9H2,(H,22,24)/t10-,11+,16-,17-,18+/m1/s1. The van der Waals surface area contributed by atoms with E-state index in [1.165, 1.54) is 36.7 Å². The number of aromatic amines is 1. The van der Waals surface area contributed by atoms with E-state index in [-0.39, 0.29) is 21.4 Å². The SMILES string of the molecule is O=c1[nH]c2c(s1)[C@H](c1ccc(-c3ccccc3[N+](=O)[O-])o1)[C@H]1[C@@H]3CC[C@@H](C3)[C@@H]1S2. The summed E-state index contributed by atoms with van der Waals surface area (Å²) in [5, 5.41) is 12.9. The lowest BCUT2D eigenvalue weighted by Crippen LogP contribution is -2.33. The third kappa shape index (κ3) is 2.58. The first-order chi connectivity index (χ1) is 14.1. The second-order valence-electron chi connectivity index (χ2n) is 8.15. The highest BCUT2D eigenvalue weighted by Crippen LogP contribution is 2.63. The minimum atomic E-state index is -0.378. The van der Waals surface area contributed by atoms with E-state index in [1.807, 2.05) is 23.9 Å². The summed E-state index contributed by atoms with van der Waals surface area (Å²) in [4.78, 5) is 27.2. The highest BCUT2D eigenvalue weighted by molar-refractivity contribution is 8.00. The van der Waals surface area contributed by atoms with E-state index in [0.29, 0.717) is 34.3 Å². The number of thioether (sulfide) groups is 1. The third-order valence-corrected chi connectivity index (χ3v) is 9.39. The number of hydrogen-bond acceptors (Lipinski definition) is 6. The van der Waals surface area contributed by atoms with Crippen LogP contribution < -0.4 is 4.87 Å². The molecule has 8 heteroatoms. The summed E-state index contributed by atoms with van der Waals surface area (Å²) in [6.45, 7) is 0. The molecule has 2 aromatic heterocycles. The number of thiazole rings is 1. The number of hydrogen-bond donors (Lipinski definition) is 1. The molecule has 1 aromatic carbocycles. The molecule has 29 heavy (non-hydrogen) atoms. The predicted octanol–water partition coefficient (Wildman–Crippen LogP) is 5.26. The first-order valence-electron chi connectivity index (χ1n) is 9.83. The summed E-state index contributed by atoms with van der Waals surface area (Å²) in [6, 6.07) is 10.4. The van der Waals surface area contributed by atoms with Gasteiger partial charge in [0.25, 0.3) is 5.69 Å². The predicted molar refractivity (Wildman–Crippen MR) is 112 cm³/mol. The molecule has 1 aliphatic heterocycles. The molecule has 2 bridgehead atoms. The second-order valence-corrected chi connectivity index (χ2v) is 10.4. The topological polar surface area (TPSA) is 89.1 Å². The lowest BCUT2D eigenvalue weighted by atomic mass is 9.77. The molecule has 6 nitrogen and oxygen atoms in total. The van der Waals surface area contributed by atoms with Gasteiger partial charge in [0.2, 0.25) is 0 Å². The van der Waals surface area contributed by atoms with Crippen molar-refractivity contribution in [2.45, 2.75) is 35.5 Å². The monoisotopic (exact) mass is 426 g/mol. The van der Waals surface area contributed by atoms with Gasteiger partial charge >= 0.3 is 4.87 Å². The summed E-state index contributed by atoms with van der Waals surface area (Å²) in [5.74, 6) is 3.20. The summed E-state index contributed by atoms with van der Waals surface area (Å²) >= 11 is 3.13. The van der Waals surface area contributed by atoms with Crippen LogP contribution in [0, 0.1) is 27.9 Å². The smallest absolute Gasteiger partial charge is 0.305 e. The summed E-state index contributed by atoms with van der Waals surface area (Å²) < 4.78 is 6.26. The Hall–Kier alpha value is -2.32. The molecule has 5 atom stereocenters. The molecule has 0 saturated heterocycles. The molecular weight excluding hydrogens is 408 g/mol. The van der Waals surface area contributed by atoms with E-state index >= 15 is 0 Å². The van der Waals surface area contributed by atoms with E-state index in [2.05, 4.69) is 4.98 Å². The minimum Gasteiger partial charge on any atom is -0.460 e. The molecule has 1 N–H and O–H groups in total. The van der Waals surface area contributed by atoms with Crippen LogP contribution in [0.2, 0.25) is 0 Å². The highest BCUT2D eigenvalue weighted by atomic mass is 32.2. The Morgan fingerprint density at radius 2 is 1.97 bits per heavy atom. The van der Waals surface area contributed by atoms with Crippen LogP contribution in [-0.2, 0) is 0 Å². The number of fused-ring (bicyclic) bond motifs is 6. The molecule has 0 radical (unpaired) electrons. The Morgan fingerprint density at radius 1 is 1.14 bits per heavy atom. The fraction of sp³-hybridized carbons (Fsp3) is 0.381. The van der Waals surface area contributed by atoms with Crippen molar-refractivity contribution in [3.63, 3.8) is 0 Å². The van der Waals surface area contributed by atoms with Crippen molar-refractivity contribution in [2.24, 2.45) is 17.8 Å². The van der Waals surface area contributed by atoms with Gasteiger partial charge in [-0.25, -0.2) is 0 Å². The van der Waals surface area contributed by atoms with Gasteiger partial charge in [-0.1, -0.05) is 23.5 Å². The maximum atomic E-state index is 12.1. The van der Waals surface area contributed by atoms with Crippen LogP contribution in [0.3, 0.4) is 0 Å².